The summed E-state index contributed by atoms with van der Waals surface area (Å²) in [6.07, 6.45) is 2.36. The number of carboxylic acid groups (broad SMARTS) is 1. The fraction of sp³-hybridized carbons (Fsp3) is 0.375. The quantitative estimate of drug-likeness (QED) is 0.939. The van der Waals surface area contributed by atoms with E-state index in [1.54, 1.807) is 0 Å². The van der Waals surface area contributed by atoms with Crippen molar-refractivity contribution in [1.29, 1.82) is 0 Å². The van der Waals surface area contributed by atoms with Gasteiger partial charge in [0.25, 0.3) is 0 Å². The van der Waals surface area contributed by atoms with E-state index in [2.05, 4.69) is 29.2 Å². The summed E-state index contributed by atoms with van der Waals surface area (Å²) in [5, 5.41) is 12.4. The number of aromatic carboxylic acids is 1. The number of carboxylic acids is 1. The minimum atomic E-state index is -1.08. The molecule has 0 atom stereocenters. The molecule has 1 aliphatic heterocycles. The zero-order valence-electron chi connectivity index (χ0n) is 12.0. The molecule has 2 heterocycles. The number of rotatable bonds is 3. The van der Waals surface area contributed by atoms with Crippen molar-refractivity contribution >= 4 is 5.97 Å². The largest absolute Gasteiger partial charge is 0.476 e. The maximum atomic E-state index is 10.8. The van der Waals surface area contributed by atoms with Crippen molar-refractivity contribution in [2.24, 2.45) is 0 Å². The molecular formula is C16H18N2O3. The molecule has 0 spiro atoms. The van der Waals surface area contributed by atoms with Gasteiger partial charge >= 0.3 is 5.97 Å². The molecule has 21 heavy (non-hydrogen) atoms. The average molecular weight is 286 g/mol. The Morgan fingerprint density at radius 3 is 2.52 bits per heavy atom. The second kappa shape index (κ2) is 5.69. The summed E-state index contributed by atoms with van der Waals surface area (Å²) in [6.45, 7) is 2.27. The zero-order chi connectivity index (χ0) is 14.8. The number of carbonyl (C=O) groups is 1. The van der Waals surface area contributed by atoms with Crippen LogP contribution in [-0.4, -0.2) is 41.3 Å². The Labute approximate surface area is 123 Å². The monoisotopic (exact) mass is 286 g/mol. The third kappa shape index (κ3) is 2.97. The van der Waals surface area contributed by atoms with Gasteiger partial charge in [0, 0.05) is 11.6 Å². The Bertz CT molecular complexity index is 625. The molecule has 2 aromatic rings. The van der Waals surface area contributed by atoms with Crippen LogP contribution in [0.3, 0.4) is 0 Å². The highest BCUT2D eigenvalue weighted by molar-refractivity contribution is 5.86. The topological polar surface area (TPSA) is 66.6 Å². The van der Waals surface area contributed by atoms with Crippen LogP contribution in [-0.2, 0) is 0 Å². The van der Waals surface area contributed by atoms with Crippen molar-refractivity contribution in [3.05, 3.63) is 41.6 Å². The number of piperidine rings is 1. The summed E-state index contributed by atoms with van der Waals surface area (Å²) in [6, 6.07) is 9.61. The van der Waals surface area contributed by atoms with E-state index in [1.807, 2.05) is 12.1 Å². The molecule has 1 fully saturated rings. The van der Waals surface area contributed by atoms with Gasteiger partial charge in [0.15, 0.2) is 11.5 Å². The van der Waals surface area contributed by atoms with Crippen molar-refractivity contribution in [3.8, 4) is 11.3 Å². The molecule has 3 rings (SSSR count). The summed E-state index contributed by atoms with van der Waals surface area (Å²) in [5.41, 5.74) is 2.13. The second-order valence-corrected chi connectivity index (χ2v) is 5.58. The van der Waals surface area contributed by atoms with Gasteiger partial charge in [-0.05, 0) is 44.5 Å². The third-order valence-corrected chi connectivity index (χ3v) is 4.11. The first-order valence-electron chi connectivity index (χ1n) is 7.12. The molecule has 0 radical (unpaired) electrons. The van der Waals surface area contributed by atoms with Crippen LogP contribution >= 0.6 is 0 Å². The minimum Gasteiger partial charge on any atom is -0.476 e. The zero-order valence-corrected chi connectivity index (χ0v) is 12.0. The van der Waals surface area contributed by atoms with Crippen LogP contribution in [0.25, 0.3) is 11.3 Å². The Balaban J connectivity index is 1.75. The predicted molar refractivity (Wildman–Crippen MR) is 78.4 cm³/mol. The summed E-state index contributed by atoms with van der Waals surface area (Å²) < 4.78 is 5.07. The number of aromatic nitrogens is 1. The average Bonchev–Trinajstić information content (AvgIpc) is 2.98. The van der Waals surface area contributed by atoms with Crippen LogP contribution in [0, 0.1) is 0 Å². The first-order valence-corrected chi connectivity index (χ1v) is 7.12. The van der Waals surface area contributed by atoms with Crippen molar-refractivity contribution in [2.75, 3.05) is 20.1 Å². The Kier molecular flexibility index (Phi) is 3.75. The smallest absolute Gasteiger partial charge is 0.358 e. The van der Waals surface area contributed by atoms with E-state index >= 15 is 0 Å². The molecule has 1 aromatic heterocycles. The third-order valence-electron chi connectivity index (χ3n) is 4.11. The molecular weight excluding hydrogens is 268 g/mol. The maximum Gasteiger partial charge on any atom is 0.358 e. The van der Waals surface area contributed by atoms with Gasteiger partial charge in [-0.15, -0.1) is 0 Å². The van der Waals surface area contributed by atoms with Gasteiger partial charge in [0.05, 0.1) is 0 Å². The molecule has 5 heteroatoms. The summed E-state index contributed by atoms with van der Waals surface area (Å²) in [5.74, 6) is 0.0230. The van der Waals surface area contributed by atoms with E-state index in [4.69, 9.17) is 9.63 Å². The van der Waals surface area contributed by atoms with Crippen molar-refractivity contribution in [3.63, 3.8) is 0 Å². The van der Waals surface area contributed by atoms with Gasteiger partial charge in [0.1, 0.15) is 0 Å². The Morgan fingerprint density at radius 1 is 1.29 bits per heavy atom. The predicted octanol–water partition coefficient (Wildman–Crippen LogP) is 2.85. The van der Waals surface area contributed by atoms with E-state index in [9.17, 15) is 4.79 Å². The van der Waals surface area contributed by atoms with Crippen LogP contribution in [0.5, 0.6) is 0 Å². The number of benzene rings is 1. The first kappa shape index (κ1) is 13.8. The molecule has 0 amide bonds. The number of nitrogens with zero attached hydrogens (tertiary/aromatic N) is 2. The first-order chi connectivity index (χ1) is 10.1. The van der Waals surface area contributed by atoms with Crippen LogP contribution in [0.4, 0.5) is 0 Å². The molecule has 1 N–H and O–H groups in total. The number of hydrogen-bond acceptors (Lipinski definition) is 4. The summed E-state index contributed by atoms with van der Waals surface area (Å²) in [7, 11) is 2.16. The van der Waals surface area contributed by atoms with Crippen molar-refractivity contribution in [1.82, 2.24) is 10.1 Å². The fourth-order valence-electron chi connectivity index (χ4n) is 2.77. The lowest BCUT2D eigenvalue weighted by Gasteiger charge is -2.29. The summed E-state index contributed by atoms with van der Waals surface area (Å²) >= 11 is 0. The SMILES string of the molecule is CN1CCC(c2ccc(-c3cc(C(=O)O)no3)cc2)CC1. The highest BCUT2D eigenvalue weighted by atomic mass is 16.5. The van der Waals surface area contributed by atoms with Crippen LogP contribution in [0.2, 0.25) is 0 Å². The lowest BCUT2D eigenvalue weighted by atomic mass is 9.89. The molecule has 5 nitrogen and oxygen atoms in total. The van der Waals surface area contributed by atoms with Gasteiger partial charge in [-0.2, -0.15) is 0 Å². The van der Waals surface area contributed by atoms with Gasteiger partial charge in [-0.25, -0.2) is 4.79 Å². The molecule has 1 saturated heterocycles. The lowest BCUT2D eigenvalue weighted by Crippen LogP contribution is -2.29. The van der Waals surface area contributed by atoms with Gasteiger partial charge in [-0.1, -0.05) is 29.4 Å². The van der Waals surface area contributed by atoms with Gasteiger partial charge in [0.2, 0.25) is 0 Å². The number of hydrogen-bond donors (Lipinski definition) is 1. The molecule has 1 aliphatic rings. The van der Waals surface area contributed by atoms with E-state index in [0.29, 0.717) is 11.7 Å². The van der Waals surface area contributed by atoms with E-state index in [0.717, 1.165) is 18.7 Å². The molecule has 0 aliphatic carbocycles. The summed E-state index contributed by atoms with van der Waals surface area (Å²) in [4.78, 5) is 13.2. The second-order valence-electron chi connectivity index (χ2n) is 5.58. The van der Waals surface area contributed by atoms with E-state index in [-0.39, 0.29) is 5.69 Å². The van der Waals surface area contributed by atoms with Gasteiger partial charge < -0.3 is 14.5 Å². The van der Waals surface area contributed by atoms with Crippen LogP contribution < -0.4 is 0 Å². The molecule has 0 saturated carbocycles. The maximum absolute atomic E-state index is 10.8. The highest BCUT2D eigenvalue weighted by Crippen LogP contribution is 2.29. The molecule has 0 unspecified atom stereocenters. The fourth-order valence-corrected chi connectivity index (χ4v) is 2.77. The standard InChI is InChI=1S/C16H18N2O3/c1-18-8-6-12(7-9-18)11-2-4-13(5-3-11)15-10-14(16(19)20)17-21-15/h2-5,10,12H,6-9H2,1H3,(H,19,20). The highest BCUT2D eigenvalue weighted by Gasteiger charge is 2.18. The molecule has 1 aromatic carbocycles. The Morgan fingerprint density at radius 2 is 1.95 bits per heavy atom. The van der Waals surface area contributed by atoms with Crippen molar-refractivity contribution < 1.29 is 14.4 Å². The van der Waals surface area contributed by atoms with E-state index < -0.39 is 5.97 Å². The van der Waals surface area contributed by atoms with Crippen molar-refractivity contribution in [2.45, 2.75) is 18.8 Å². The molecule has 110 valence electrons. The van der Waals surface area contributed by atoms with Gasteiger partial charge in [-0.3, -0.25) is 0 Å². The molecule has 0 bridgehead atoms. The Hall–Kier alpha value is -2.14. The lowest BCUT2D eigenvalue weighted by molar-refractivity contribution is 0.0686. The van der Waals surface area contributed by atoms with Crippen LogP contribution in [0.1, 0.15) is 34.8 Å². The minimum absolute atomic E-state index is 0.0654. The van der Waals surface area contributed by atoms with E-state index in [1.165, 1.54) is 24.5 Å². The number of likely N-dealkylation sites (tertiary alicyclic amines) is 1. The van der Waals surface area contributed by atoms with Crippen LogP contribution in [0.15, 0.2) is 34.9 Å². The normalized spacial score (nSPS) is 17.0.